The maximum absolute atomic E-state index is 13.6. The number of nitrogens with one attached hydrogen (secondary N) is 1. The van der Waals surface area contributed by atoms with Crippen LogP contribution in [0.15, 0.2) is 24.3 Å². The van der Waals surface area contributed by atoms with Crippen molar-refractivity contribution in [2.45, 2.75) is 81.2 Å². The second-order valence-electron chi connectivity index (χ2n) is 14.1. The van der Waals surface area contributed by atoms with Crippen LogP contribution in [0.3, 0.4) is 0 Å². The monoisotopic (exact) mass is 600 g/mol. The Balaban J connectivity index is 1.35. The van der Waals surface area contributed by atoms with Gasteiger partial charge in [0.15, 0.2) is 0 Å². The summed E-state index contributed by atoms with van der Waals surface area (Å²) in [5.41, 5.74) is -4.53. The molecule has 7 bridgehead atoms. The Kier molecular flexibility index (Phi) is 6.67. The second kappa shape index (κ2) is 9.69. The lowest BCUT2D eigenvalue weighted by atomic mass is 9.42. The first-order valence-electron chi connectivity index (χ1n) is 15.6. The number of likely N-dealkylation sites (N-methyl/N-ethyl adjacent to an activating group) is 1. The first kappa shape index (κ1) is 29.6. The number of hydrogen-bond donors (Lipinski definition) is 5. The van der Waals surface area contributed by atoms with E-state index >= 15 is 0 Å². The van der Waals surface area contributed by atoms with Crippen LogP contribution in [-0.2, 0) is 19.0 Å². The van der Waals surface area contributed by atoms with E-state index in [1.54, 1.807) is 31.4 Å². The summed E-state index contributed by atoms with van der Waals surface area (Å²) in [7, 11) is 3.11. The third kappa shape index (κ3) is 3.39. The van der Waals surface area contributed by atoms with E-state index in [1.807, 2.05) is 6.92 Å². The second-order valence-corrected chi connectivity index (χ2v) is 14.1. The van der Waals surface area contributed by atoms with Crippen molar-refractivity contribution >= 4 is 17.6 Å². The van der Waals surface area contributed by atoms with Crippen molar-refractivity contribution in [3.8, 4) is 0 Å². The van der Waals surface area contributed by atoms with Gasteiger partial charge in [0.25, 0.3) is 0 Å². The minimum atomic E-state index is -1.81. The van der Waals surface area contributed by atoms with Crippen molar-refractivity contribution in [3.63, 3.8) is 0 Å². The fraction of sp³-hybridized carbons (Fsp3) is 0.750. The summed E-state index contributed by atoms with van der Waals surface area (Å²) in [6.45, 7) is 4.42. The third-order valence-electron chi connectivity index (χ3n) is 12.8. The molecule has 1 heterocycles. The van der Waals surface area contributed by atoms with Gasteiger partial charge in [0.1, 0.15) is 11.2 Å². The summed E-state index contributed by atoms with van der Waals surface area (Å²) in [4.78, 5) is 27.5. The maximum atomic E-state index is 13.6. The molecule has 1 aromatic rings. The van der Waals surface area contributed by atoms with Crippen LogP contribution in [0.5, 0.6) is 0 Å². The van der Waals surface area contributed by atoms with Gasteiger partial charge in [-0.05, 0) is 43.9 Å². The third-order valence-corrected chi connectivity index (χ3v) is 12.8. The van der Waals surface area contributed by atoms with Gasteiger partial charge in [-0.15, -0.1) is 0 Å². The number of rotatable bonds is 7. The Morgan fingerprint density at radius 2 is 1.88 bits per heavy atom. The standard InChI is InChI=1S/C32H44N2O9/c1-5-34-14-29(15-43-27(38)17-8-6-7-9-20(17)33-16(2)35)11-10-22(36)31-19-12-18-21(41-3)13-30(39,23(19)24(18)37)32(40,28(31)34)26(42-4)25(29)31/h6-9,18-19,21-26,28,36-37,39-40H,5,10-15H2,1-4H3,(H,33,35). The van der Waals surface area contributed by atoms with E-state index in [9.17, 15) is 30.0 Å². The van der Waals surface area contributed by atoms with Gasteiger partial charge in [-0.3, -0.25) is 9.69 Å². The minimum Gasteiger partial charge on any atom is -0.461 e. The van der Waals surface area contributed by atoms with Crippen molar-refractivity contribution < 1.29 is 44.2 Å². The quantitative estimate of drug-likeness (QED) is 0.283. The van der Waals surface area contributed by atoms with Crippen molar-refractivity contribution in [1.82, 2.24) is 4.90 Å². The van der Waals surface area contributed by atoms with E-state index in [0.717, 1.165) is 0 Å². The van der Waals surface area contributed by atoms with Gasteiger partial charge < -0.3 is 40.0 Å². The molecule has 11 nitrogen and oxygen atoms in total. The zero-order valence-corrected chi connectivity index (χ0v) is 25.2. The highest BCUT2D eigenvalue weighted by Crippen LogP contribution is 2.80. The van der Waals surface area contributed by atoms with Crippen LogP contribution in [0.25, 0.3) is 0 Å². The summed E-state index contributed by atoms with van der Waals surface area (Å²) in [6.07, 6.45) is -1.34. The molecule has 1 amide bonds. The number of aliphatic hydroxyl groups excluding tert-OH is 2. The van der Waals surface area contributed by atoms with Crippen LogP contribution in [0, 0.1) is 34.5 Å². The van der Waals surface area contributed by atoms with E-state index in [2.05, 4.69) is 10.2 Å². The van der Waals surface area contributed by atoms with Crippen molar-refractivity contribution in [1.29, 1.82) is 0 Å². The summed E-state index contributed by atoms with van der Waals surface area (Å²) in [6, 6.07) is 6.08. The molecule has 5 N–H and O–H groups in total. The fourth-order valence-corrected chi connectivity index (χ4v) is 11.7. The number of para-hydroxylation sites is 1. The first-order valence-corrected chi connectivity index (χ1v) is 15.6. The number of nitrogens with zero attached hydrogens (tertiary/aromatic N) is 1. The molecule has 5 saturated carbocycles. The number of ether oxygens (including phenoxy) is 3. The first-order chi connectivity index (χ1) is 20.5. The van der Waals surface area contributed by atoms with Gasteiger partial charge in [0, 0.05) is 62.7 Å². The molecule has 13 atom stereocenters. The number of likely N-dealkylation sites (tertiary alicyclic amines) is 1. The molecule has 1 aromatic carbocycles. The molecule has 1 saturated heterocycles. The number of benzene rings is 1. The van der Waals surface area contributed by atoms with Crippen LogP contribution < -0.4 is 5.32 Å². The number of esters is 1. The van der Waals surface area contributed by atoms with Crippen LogP contribution in [0.4, 0.5) is 5.69 Å². The molecule has 1 aliphatic heterocycles. The molecule has 1 spiro atoms. The van der Waals surface area contributed by atoms with Crippen molar-refractivity contribution in [2.24, 2.45) is 34.5 Å². The van der Waals surface area contributed by atoms with Gasteiger partial charge in [0.05, 0.1) is 48.3 Å². The Morgan fingerprint density at radius 1 is 1.14 bits per heavy atom. The number of amides is 1. The van der Waals surface area contributed by atoms with Crippen molar-refractivity contribution in [3.05, 3.63) is 29.8 Å². The zero-order valence-electron chi connectivity index (χ0n) is 25.2. The summed E-state index contributed by atoms with van der Waals surface area (Å²) < 4.78 is 18.1. The lowest BCUT2D eigenvalue weighted by molar-refractivity contribution is -0.317. The molecule has 7 rings (SSSR count). The lowest BCUT2D eigenvalue weighted by Gasteiger charge is -2.69. The Morgan fingerprint density at radius 3 is 2.56 bits per heavy atom. The Labute approximate surface area is 251 Å². The highest BCUT2D eigenvalue weighted by molar-refractivity contribution is 6.00. The largest absolute Gasteiger partial charge is 0.461 e. The molecule has 0 aromatic heterocycles. The average molecular weight is 601 g/mol. The van der Waals surface area contributed by atoms with E-state index < -0.39 is 70.3 Å². The number of carbonyl (C=O) groups excluding carboxylic acids is 2. The number of carbonyl (C=O) groups is 2. The lowest BCUT2D eigenvalue weighted by Crippen LogP contribution is -2.82. The molecule has 236 valence electrons. The fourth-order valence-electron chi connectivity index (χ4n) is 11.7. The van der Waals surface area contributed by atoms with Gasteiger partial charge in [0.2, 0.25) is 5.91 Å². The number of hydrogen-bond acceptors (Lipinski definition) is 10. The summed E-state index contributed by atoms with van der Waals surface area (Å²) >= 11 is 0. The van der Waals surface area contributed by atoms with Crippen LogP contribution in [0.2, 0.25) is 0 Å². The predicted octanol–water partition coefficient (Wildman–Crippen LogP) is 0.786. The number of piperidine rings is 1. The Hall–Kier alpha value is -2.12. The number of anilines is 1. The molecule has 13 unspecified atom stereocenters. The molecule has 6 aliphatic rings. The van der Waals surface area contributed by atoms with Crippen LogP contribution >= 0.6 is 0 Å². The normalized spacial score (nSPS) is 49.1. The summed E-state index contributed by atoms with van der Waals surface area (Å²) in [5, 5.41) is 52.3. The Bertz CT molecular complexity index is 1330. The number of aliphatic hydroxyl groups is 4. The molecule has 0 radical (unpaired) electrons. The molecular formula is C32H44N2O9. The highest BCUT2D eigenvalue weighted by Gasteiger charge is 2.91. The van der Waals surface area contributed by atoms with Crippen molar-refractivity contribution in [2.75, 3.05) is 39.2 Å². The van der Waals surface area contributed by atoms with Crippen LogP contribution in [0.1, 0.15) is 49.9 Å². The molecular weight excluding hydrogens is 556 g/mol. The van der Waals surface area contributed by atoms with Gasteiger partial charge in [-0.25, -0.2) is 4.79 Å². The average Bonchev–Trinajstić information content (AvgIpc) is 3.35. The van der Waals surface area contributed by atoms with Gasteiger partial charge in [-0.1, -0.05) is 19.1 Å². The highest BCUT2D eigenvalue weighted by atomic mass is 16.5. The minimum absolute atomic E-state index is 0.0149. The zero-order chi connectivity index (χ0) is 30.7. The van der Waals surface area contributed by atoms with Gasteiger partial charge >= 0.3 is 5.97 Å². The predicted molar refractivity (Wildman–Crippen MR) is 153 cm³/mol. The molecule has 11 heteroatoms. The van der Waals surface area contributed by atoms with Gasteiger partial charge in [-0.2, -0.15) is 0 Å². The number of methoxy groups -OCH3 is 2. The smallest absolute Gasteiger partial charge is 0.340 e. The van der Waals surface area contributed by atoms with Crippen LogP contribution in [-0.4, -0.2) is 113 Å². The summed E-state index contributed by atoms with van der Waals surface area (Å²) in [5.74, 6) is -2.50. The van der Waals surface area contributed by atoms with E-state index in [-0.39, 0.29) is 36.3 Å². The molecule has 5 aliphatic carbocycles. The van der Waals surface area contributed by atoms with E-state index in [4.69, 9.17) is 14.2 Å². The number of fused-ring (bicyclic) bond motifs is 2. The van der Waals surface area contributed by atoms with E-state index in [1.165, 1.54) is 14.0 Å². The van der Waals surface area contributed by atoms with E-state index in [0.29, 0.717) is 38.0 Å². The maximum Gasteiger partial charge on any atom is 0.340 e. The molecule has 6 fully saturated rings. The SMILES string of the molecule is CCN1CC2(COC(=O)c3ccccc3NC(C)=O)CCC(O)C34C5CC6C(OC)CC(O)(C5C6O)C(O)(C(OC)C23)C14. The molecule has 43 heavy (non-hydrogen) atoms. The topological polar surface area (TPSA) is 158 Å².